The number of aromatic nitrogens is 4. The van der Waals surface area contributed by atoms with E-state index in [1.807, 2.05) is 6.20 Å². The highest BCUT2D eigenvalue weighted by Gasteiger charge is 2.31. The van der Waals surface area contributed by atoms with Gasteiger partial charge >= 0.3 is 0 Å². The van der Waals surface area contributed by atoms with Gasteiger partial charge in [-0.25, -0.2) is 4.98 Å². The normalized spacial score (nSPS) is 12.5. The summed E-state index contributed by atoms with van der Waals surface area (Å²) in [6, 6.07) is 76.7. The van der Waals surface area contributed by atoms with Crippen LogP contribution >= 0.6 is 0 Å². The van der Waals surface area contributed by atoms with Crippen molar-refractivity contribution in [1.82, 2.24) is 19.1 Å². The maximum atomic E-state index is 12.9. The van der Waals surface area contributed by atoms with Crippen LogP contribution < -0.4 is 0 Å². The van der Waals surface area contributed by atoms with Crippen LogP contribution in [0.4, 0.5) is 0 Å². The van der Waals surface area contributed by atoms with Gasteiger partial charge < -0.3 is 9.67 Å². The number of rotatable bonds is 9. The fourth-order valence-electron chi connectivity index (χ4n) is 11.8. The van der Waals surface area contributed by atoms with Gasteiger partial charge in [0.15, 0.2) is 0 Å². The van der Waals surface area contributed by atoms with Gasteiger partial charge in [0, 0.05) is 55.9 Å². The Bertz CT molecular complexity index is 4290. The molecule has 0 fully saturated rings. The Morgan fingerprint density at radius 3 is 1.69 bits per heavy atom. The topological polar surface area (TPSA) is 55.9 Å². The second-order valence-electron chi connectivity index (χ2n) is 25.3. The summed E-state index contributed by atoms with van der Waals surface area (Å²) >= 11 is 0. The molecule has 0 saturated carbocycles. The number of hydrogen-bond acceptors (Lipinski definition) is 3. The molecule has 0 aliphatic carbocycles. The Hall–Kier alpha value is -8.80. The lowest BCUT2D eigenvalue weighted by atomic mass is 9.78. The Morgan fingerprint density at radius 1 is 0.388 bits per heavy atom. The molecule has 9 aromatic carbocycles. The molecule has 3 aromatic heterocycles. The molecule has 0 spiro atoms. The highest BCUT2D eigenvalue weighted by atomic mass is 16.3. The zero-order chi connectivity index (χ0) is 55.9. The number of pyridine rings is 1. The lowest BCUT2D eigenvalue weighted by Crippen LogP contribution is -2.18. The van der Waals surface area contributed by atoms with Crippen molar-refractivity contribution in [3.63, 3.8) is 0 Å². The minimum Gasteiger partial charge on any atom is -0.507 e. The molecule has 396 valence electrons. The minimum atomic E-state index is -0.364. The molecule has 0 atom stereocenters. The van der Waals surface area contributed by atoms with Gasteiger partial charge in [0.1, 0.15) is 11.6 Å². The number of benzene rings is 9. The molecule has 5 heteroatoms. The van der Waals surface area contributed by atoms with Crippen LogP contribution in [-0.2, 0) is 21.7 Å². The van der Waals surface area contributed by atoms with E-state index in [1.165, 1.54) is 16.7 Å². The van der Waals surface area contributed by atoms with Crippen molar-refractivity contribution in [2.75, 3.05) is 0 Å². The summed E-state index contributed by atoms with van der Waals surface area (Å²) in [6.07, 6.45) is 1.94. The molecule has 0 saturated heterocycles. The quantitative estimate of drug-likeness (QED) is 0.157. The van der Waals surface area contributed by atoms with Crippen molar-refractivity contribution >= 4 is 32.8 Å². The fourth-order valence-corrected chi connectivity index (χ4v) is 11.8. The van der Waals surface area contributed by atoms with Crippen LogP contribution in [0.1, 0.15) is 104 Å². The monoisotopic (exact) mass is 1040 g/mol. The molecular formula is C75H70N4O. The lowest BCUT2D eigenvalue weighted by molar-refractivity contribution is 0.446. The Balaban J connectivity index is 1.16. The maximum absolute atomic E-state index is 12.9. The van der Waals surface area contributed by atoms with Crippen molar-refractivity contribution in [1.29, 1.82) is 0 Å². The van der Waals surface area contributed by atoms with Crippen molar-refractivity contribution < 1.29 is 5.11 Å². The van der Waals surface area contributed by atoms with E-state index in [0.717, 1.165) is 100.0 Å². The Labute approximate surface area is 471 Å². The van der Waals surface area contributed by atoms with E-state index in [1.54, 1.807) is 0 Å². The summed E-state index contributed by atoms with van der Waals surface area (Å²) in [4.78, 5) is 11.0. The first-order valence-corrected chi connectivity index (χ1v) is 28.1. The van der Waals surface area contributed by atoms with E-state index in [9.17, 15) is 5.11 Å². The molecule has 12 rings (SSSR count). The van der Waals surface area contributed by atoms with Gasteiger partial charge in [-0.15, -0.1) is 0 Å². The SMILES string of the molecule is CC(C)(C)c1ccc(-n2c(-c3cc(C(C)(C)C)cc(C(C)(C)C)c3O)nc3c(-c4cc(-c5cc(-c6ccc(C(C)(C)c7ccccc7)cc6)ccn5)cc5c6ccccc6n(-c6ccccc6)c45)cccc32)c(-c2ccccc2)c1. The van der Waals surface area contributed by atoms with Gasteiger partial charge in [0.25, 0.3) is 0 Å². The average Bonchev–Trinajstić information content (AvgIpc) is 4.04. The first-order chi connectivity index (χ1) is 38.3. The third-order valence-electron chi connectivity index (χ3n) is 16.5. The molecule has 0 bridgehead atoms. The number of nitrogens with zero attached hydrogens (tertiary/aromatic N) is 4. The molecule has 1 N–H and O–H groups in total. The van der Waals surface area contributed by atoms with E-state index < -0.39 is 0 Å². The van der Waals surface area contributed by atoms with Crippen LogP contribution in [0, 0.1) is 0 Å². The van der Waals surface area contributed by atoms with Gasteiger partial charge in [-0.3, -0.25) is 9.55 Å². The first-order valence-electron chi connectivity index (χ1n) is 28.1. The largest absolute Gasteiger partial charge is 0.507 e. The molecule has 80 heavy (non-hydrogen) atoms. The van der Waals surface area contributed by atoms with Gasteiger partial charge in [-0.05, 0) is 122 Å². The highest BCUT2D eigenvalue weighted by molar-refractivity contribution is 6.17. The number of fused-ring (bicyclic) bond motifs is 4. The summed E-state index contributed by atoms with van der Waals surface area (Å²) in [7, 11) is 0. The van der Waals surface area contributed by atoms with Crippen molar-refractivity contribution in [3.8, 4) is 73.2 Å². The molecule has 0 radical (unpaired) electrons. The summed E-state index contributed by atoms with van der Waals surface area (Å²) < 4.78 is 4.72. The smallest absolute Gasteiger partial charge is 0.149 e. The molecule has 5 nitrogen and oxygen atoms in total. The third-order valence-corrected chi connectivity index (χ3v) is 16.5. The minimum absolute atomic E-state index is 0.109. The van der Waals surface area contributed by atoms with Gasteiger partial charge in [-0.1, -0.05) is 222 Å². The molecule has 12 aromatic rings. The molecule has 0 aliphatic heterocycles. The highest BCUT2D eigenvalue weighted by Crippen LogP contribution is 2.48. The second kappa shape index (κ2) is 19.5. The van der Waals surface area contributed by atoms with E-state index >= 15 is 0 Å². The van der Waals surface area contributed by atoms with Gasteiger partial charge in [0.2, 0.25) is 0 Å². The summed E-state index contributed by atoms with van der Waals surface area (Å²) in [5.41, 5.74) is 19.9. The Kier molecular flexibility index (Phi) is 12.7. The van der Waals surface area contributed by atoms with Crippen LogP contribution in [0.2, 0.25) is 0 Å². The van der Waals surface area contributed by atoms with E-state index in [0.29, 0.717) is 11.4 Å². The number of aromatic hydroxyl groups is 1. The van der Waals surface area contributed by atoms with Crippen molar-refractivity contribution in [3.05, 3.63) is 246 Å². The van der Waals surface area contributed by atoms with Crippen LogP contribution in [0.15, 0.2) is 219 Å². The lowest BCUT2D eigenvalue weighted by Gasteiger charge is -2.28. The number of imidazole rings is 1. The van der Waals surface area contributed by atoms with Gasteiger partial charge in [0.05, 0.1) is 39.0 Å². The molecule has 3 heterocycles. The summed E-state index contributed by atoms with van der Waals surface area (Å²) in [5.74, 6) is 0.913. The number of para-hydroxylation sites is 3. The molecular weight excluding hydrogens is 973 g/mol. The number of phenolic OH excluding ortho intramolecular Hbond substituents is 1. The first kappa shape index (κ1) is 51.9. The third kappa shape index (κ3) is 9.18. The Morgan fingerprint density at radius 2 is 1.00 bits per heavy atom. The average molecular weight is 1040 g/mol. The second-order valence-corrected chi connectivity index (χ2v) is 25.3. The summed E-state index contributed by atoms with van der Waals surface area (Å²) in [5, 5.41) is 15.1. The summed E-state index contributed by atoms with van der Waals surface area (Å²) in [6.45, 7) is 24.7. The number of hydrogen-bond donors (Lipinski definition) is 1. The number of phenols is 1. The standard InChI is InChI=1S/C75H70N4O/c1-72(2,3)54-38-39-66(59(45-54)49-24-15-12-16-25-49)79-67-33-23-31-58(68(67)77-71(79)62-46-55(73(4,5)6)47-63(70(62)80)74(7,8)9)61-43-51(42-60-57-30-21-22-32-65(57)78(69(60)61)56-28-19-14-20-29-56)64-44-50(40-41-76-64)48-34-36-53(37-35-48)75(10,11)52-26-17-13-18-27-52/h12-47,80H,1-11H3. The van der Waals surface area contributed by atoms with Crippen LogP contribution in [-0.4, -0.2) is 24.2 Å². The zero-order valence-electron chi connectivity index (χ0n) is 48.0. The molecule has 0 aliphatic rings. The van der Waals surface area contributed by atoms with E-state index in [-0.39, 0.29) is 27.4 Å². The maximum Gasteiger partial charge on any atom is 0.149 e. The fraction of sp³-hybridized carbons (Fsp3) is 0.200. The molecule has 0 amide bonds. The van der Waals surface area contributed by atoms with Crippen LogP contribution in [0.25, 0.3) is 100 Å². The van der Waals surface area contributed by atoms with Gasteiger partial charge in [-0.2, -0.15) is 0 Å². The molecule has 0 unspecified atom stereocenters. The predicted octanol–water partition coefficient (Wildman–Crippen LogP) is 19.8. The van der Waals surface area contributed by atoms with Crippen LogP contribution in [0.3, 0.4) is 0 Å². The van der Waals surface area contributed by atoms with Crippen LogP contribution in [0.5, 0.6) is 5.75 Å². The predicted molar refractivity (Wildman–Crippen MR) is 337 cm³/mol. The van der Waals surface area contributed by atoms with E-state index in [4.69, 9.17) is 9.97 Å². The van der Waals surface area contributed by atoms with Crippen molar-refractivity contribution in [2.24, 2.45) is 0 Å². The van der Waals surface area contributed by atoms with E-state index in [2.05, 4.69) is 298 Å². The zero-order valence-corrected chi connectivity index (χ0v) is 48.0. The van der Waals surface area contributed by atoms with Crippen molar-refractivity contribution in [2.45, 2.75) is 97.8 Å².